The Morgan fingerprint density at radius 2 is 0.953 bits per heavy atom. The van der Waals surface area contributed by atoms with Gasteiger partial charge in [0.05, 0.1) is 11.4 Å². The van der Waals surface area contributed by atoms with E-state index in [1.807, 2.05) is 0 Å². The molecule has 308 valence electrons. The first kappa shape index (κ1) is 38.5. The van der Waals surface area contributed by atoms with Crippen molar-refractivity contribution < 1.29 is 0 Å². The lowest BCUT2D eigenvalue weighted by Gasteiger charge is -2.31. The molecular formula is C63H51N. The van der Waals surface area contributed by atoms with Crippen LogP contribution in [-0.4, -0.2) is 0 Å². The van der Waals surface area contributed by atoms with Gasteiger partial charge >= 0.3 is 0 Å². The summed E-state index contributed by atoms with van der Waals surface area (Å²) in [6, 6.07) is 77.5. The molecule has 0 amide bonds. The van der Waals surface area contributed by atoms with Crippen LogP contribution in [0.1, 0.15) is 68.6 Å². The zero-order valence-electron chi connectivity index (χ0n) is 36.7. The van der Waals surface area contributed by atoms with Gasteiger partial charge in [0.25, 0.3) is 0 Å². The summed E-state index contributed by atoms with van der Waals surface area (Å²) < 4.78 is 0. The molecule has 0 aliphatic heterocycles. The molecule has 0 spiro atoms. The van der Waals surface area contributed by atoms with Gasteiger partial charge in [-0.3, -0.25) is 0 Å². The molecular weight excluding hydrogens is 771 g/mol. The molecule has 2 aliphatic carbocycles. The molecule has 0 bridgehead atoms. The molecule has 10 aromatic carbocycles. The van der Waals surface area contributed by atoms with Crippen molar-refractivity contribution >= 4 is 49.4 Å². The van der Waals surface area contributed by atoms with E-state index in [0.717, 1.165) is 17.1 Å². The van der Waals surface area contributed by atoms with Crippen LogP contribution < -0.4 is 4.90 Å². The van der Waals surface area contributed by atoms with Gasteiger partial charge in [0, 0.05) is 22.2 Å². The molecule has 10 aromatic rings. The van der Waals surface area contributed by atoms with E-state index in [9.17, 15) is 0 Å². The lowest BCUT2D eigenvalue weighted by atomic mass is 9.80. The fourth-order valence-electron chi connectivity index (χ4n) is 11.6. The number of para-hydroxylation sites is 2. The summed E-state index contributed by atoms with van der Waals surface area (Å²) in [5.41, 5.74) is 17.8. The van der Waals surface area contributed by atoms with E-state index in [-0.39, 0.29) is 5.41 Å². The Morgan fingerprint density at radius 1 is 0.391 bits per heavy atom. The molecule has 1 heteroatoms. The van der Waals surface area contributed by atoms with E-state index in [2.05, 4.69) is 225 Å². The van der Waals surface area contributed by atoms with E-state index in [0.29, 0.717) is 5.92 Å². The Morgan fingerprint density at radius 3 is 1.75 bits per heavy atom. The van der Waals surface area contributed by atoms with Gasteiger partial charge in [-0.15, -0.1) is 0 Å². The van der Waals surface area contributed by atoms with Crippen LogP contribution in [0.25, 0.3) is 76.8 Å². The number of fused-ring (bicyclic) bond motifs is 7. The van der Waals surface area contributed by atoms with E-state index in [4.69, 9.17) is 0 Å². The Hall–Kier alpha value is -7.22. The van der Waals surface area contributed by atoms with Gasteiger partial charge < -0.3 is 4.90 Å². The molecule has 0 atom stereocenters. The molecule has 0 radical (unpaired) electrons. The Labute approximate surface area is 377 Å². The smallest absolute Gasteiger partial charge is 0.0540 e. The predicted molar refractivity (Wildman–Crippen MR) is 273 cm³/mol. The minimum Gasteiger partial charge on any atom is -0.309 e. The maximum absolute atomic E-state index is 2.53. The molecule has 64 heavy (non-hydrogen) atoms. The molecule has 1 fully saturated rings. The van der Waals surface area contributed by atoms with Crippen LogP contribution in [0, 0.1) is 0 Å². The molecule has 12 rings (SSSR count). The van der Waals surface area contributed by atoms with Crippen molar-refractivity contribution in [1.82, 2.24) is 0 Å². The SMILES string of the molecule is CC1(C)c2ccccc2-c2c(-c3ccc(N(c4ccccc4-c4cccc5c4ccc4ccccc45)c4ccccc4-c4cccc5cccc(C6CCCCC6)c45)cc3)cccc21. The van der Waals surface area contributed by atoms with Crippen molar-refractivity contribution in [3.63, 3.8) is 0 Å². The van der Waals surface area contributed by atoms with Crippen LogP contribution in [0.2, 0.25) is 0 Å². The van der Waals surface area contributed by atoms with Crippen LogP contribution >= 0.6 is 0 Å². The maximum Gasteiger partial charge on any atom is 0.0540 e. The summed E-state index contributed by atoms with van der Waals surface area (Å²) in [4.78, 5) is 2.53. The van der Waals surface area contributed by atoms with Crippen molar-refractivity contribution in [1.29, 1.82) is 0 Å². The van der Waals surface area contributed by atoms with Gasteiger partial charge in [-0.25, -0.2) is 0 Å². The molecule has 0 N–H and O–H groups in total. The largest absolute Gasteiger partial charge is 0.309 e. The zero-order chi connectivity index (χ0) is 42.8. The molecule has 0 saturated heterocycles. The highest BCUT2D eigenvalue weighted by atomic mass is 15.1. The fourth-order valence-corrected chi connectivity index (χ4v) is 11.6. The third-order valence-corrected chi connectivity index (χ3v) is 14.7. The van der Waals surface area contributed by atoms with Gasteiger partial charge in [0.1, 0.15) is 0 Å². The third-order valence-electron chi connectivity index (χ3n) is 14.7. The number of nitrogens with zero attached hydrogens (tertiary/aromatic N) is 1. The lowest BCUT2D eigenvalue weighted by molar-refractivity contribution is 0.445. The minimum absolute atomic E-state index is 0.0571. The Bertz CT molecular complexity index is 3390. The molecule has 0 heterocycles. The quantitative estimate of drug-likeness (QED) is 0.145. The summed E-state index contributed by atoms with van der Waals surface area (Å²) in [6.45, 7) is 4.73. The lowest BCUT2D eigenvalue weighted by Crippen LogP contribution is -2.14. The van der Waals surface area contributed by atoms with Gasteiger partial charge in [-0.2, -0.15) is 0 Å². The van der Waals surface area contributed by atoms with Crippen LogP contribution in [0.5, 0.6) is 0 Å². The minimum atomic E-state index is -0.0571. The molecule has 2 aliphatic rings. The van der Waals surface area contributed by atoms with Crippen molar-refractivity contribution in [3.8, 4) is 44.5 Å². The number of hydrogen-bond acceptors (Lipinski definition) is 1. The second-order valence-electron chi connectivity index (χ2n) is 18.6. The topological polar surface area (TPSA) is 3.24 Å². The summed E-state index contributed by atoms with van der Waals surface area (Å²) in [5, 5.41) is 7.78. The highest BCUT2D eigenvalue weighted by molar-refractivity contribution is 6.13. The van der Waals surface area contributed by atoms with E-state index >= 15 is 0 Å². The van der Waals surface area contributed by atoms with Crippen LogP contribution in [0.15, 0.2) is 206 Å². The maximum atomic E-state index is 2.53. The summed E-state index contributed by atoms with van der Waals surface area (Å²) >= 11 is 0. The summed E-state index contributed by atoms with van der Waals surface area (Å²) in [6.07, 6.45) is 6.47. The first-order valence-corrected chi connectivity index (χ1v) is 23.3. The molecule has 0 aromatic heterocycles. The number of anilines is 3. The van der Waals surface area contributed by atoms with Crippen LogP contribution in [0.4, 0.5) is 17.1 Å². The second kappa shape index (κ2) is 15.5. The zero-order valence-corrected chi connectivity index (χ0v) is 36.7. The fraction of sp³-hybridized carbons (Fsp3) is 0.143. The highest BCUT2D eigenvalue weighted by Gasteiger charge is 2.36. The molecule has 0 unspecified atom stereocenters. The third kappa shape index (κ3) is 6.21. The molecule has 1 saturated carbocycles. The van der Waals surface area contributed by atoms with Gasteiger partial charge in [-0.1, -0.05) is 215 Å². The first-order valence-electron chi connectivity index (χ1n) is 23.3. The van der Waals surface area contributed by atoms with Crippen molar-refractivity contribution in [2.24, 2.45) is 0 Å². The van der Waals surface area contributed by atoms with Crippen molar-refractivity contribution in [2.75, 3.05) is 4.90 Å². The van der Waals surface area contributed by atoms with E-state index < -0.39 is 0 Å². The standard InChI is InChI=1S/C63H51N/c1-63(2)57-32-11-8-26-56(57)62-49(28-17-33-58(62)63)44-36-39-46(40-37-44)64(59-34-12-9-24-53(59)51-30-16-29-50-47-23-7-6-20-43(47)38-41-52(50)51)60-35-13-10-25-54(60)55-31-15-22-45-21-14-27-48(61(45)55)42-18-4-3-5-19-42/h6-17,20-42H,3-5,18-19H2,1-2H3. The number of hydrogen-bond donors (Lipinski definition) is 0. The summed E-state index contributed by atoms with van der Waals surface area (Å²) in [7, 11) is 0. The predicted octanol–water partition coefficient (Wildman–Crippen LogP) is 18.0. The van der Waals surface area contributed by atoms with Crippen LogP contribution in [-0.2, 0) is 5.41 Å². The Kier molecular flexibility index (Phi) is 9.34. The van der Waals surface area contributed by atoms with Crippen LogP contribution in [0.3, 0.4) is 0 Å². The van der Waals surface area contributed by atoms with Gasteiger partial charge in [0.2, 0.25) is 0 Å². The van der Waals surface area contributed by atoms with Crippen molar-refractivity contribution in [2.45, 2.75) is 57.3 Å². The number of benzene rings is 10. The number of rotatable bonds is 7. The first-order chi connectivity index (χ1) is 31.5. The van der Waals surface area contributed by atoms with Gasteiger partial charge in [-0.05, 0) is 125 Å². The van der Waals surface area contributed by atoms with Gasteiger partial charge in [0.15, 0.2) is 0 Å². The van der Waals surface area contributed by atoms with E-state index in [1.165, 1.54) is 126 Å². The normalized spacial score (nSPS) is 14.5. The highest BCUT2D eigenvalue weighted by Crippen LogP contribution is 2.53. The average molecular weight is 822 g/mol. The summed E-state index contributed by atoms with van der Waals surface area (Å²) in [5.74, 6) is 0.578. The molecule has 1 nitrogen and oxygen atoms in total. The van der Waals surface area contributed by atoms with E-state index in [1.54, 1.807) is 0 Å². The monoisotopic (exact) mass is 821 g/mol. The average Bonchev–Trinajstić information content (AvgIpc) is 3.60. The van der Waals surface area contributed by atoms with Crippen molar-refractivity contribution in [3.05, 3.63) is 223 Å². The second-order valence-corrected chi connectivity index (χ2v) is 18.6. The Balaban J connectivity index is 1.08.